The molecule has 0 fully saturated rings. The average molecular weight is 417 g/mol. The van der Waals surface area contributed by atoms with E-state index in [-0.39, 0.29) is 31.5 Å². The van der Waals surface area contributed by atoms with Gasteiger partial charge in [0.2, 0.25) is 12.5 Å². The fourth-order valence-electron chi connectivity index (χ4n) is 4.18. The number of hydrogen-bond acceptors (Lipinski definition) is 8. The lowest BCUT2D eigenvalue weighted by atomic mass is 9.78. The summed E-state index contributed by atoms with van der Waals surface area (Å²) in [4.78, 5) is 0. The Morgan fingerprint density at radius 2 is 1.63 bits per heavy atom. The van der Waals surface area contributed by atoms with Crippen LogP contribution in [0.4, 0.5) is 0 Å². The van der Waals surface area contributed by atoms with Crippen molar-refractivity contribution in [1.29, 1.82) is 0 Å². The van der Waals surface area contributed by atoms with Crippen LogP contribution < -0.4 is 33.7 Å². The van der Waals surface area contributed by atoms with Crippen LogP contribution in [0.25, 0.3) is 0 Å². The average Bonchev–Trinajstić information content (AvgIpc) is 3.22. The maximum atomic E-state index is 9.28. The Labute approximate surface area is 175 Å². The molecule has 3 unspecified atom stereocenters. The van der Waals surface area contributed by atoms with Gasteiger partial charge in [0, 0.05) is 30.0 Å². The van der Waals surface area contributed by atoms with Crippen molar-refractivity contribution in [3.63, 3.8) is 0 Å². The number of rotatable bonds is 7. The van der Waals surface area contributed by atoms with Gasteiger partial charge in [0.1, 0.15) is 5.75 Å². The highest BCUT2D eigenvalue weighted by Crippen LogP contribution is 2.51. The lowest BCUT2D eigenvalue weighted by Gasteiger charge is -2.39. The largest absolute Gasteiger partial charge is 0.493 e. The molecular weight excluding hydrogens is 390 g/mol. The van der Waals surface area contributed by atoms with Crippen LogP contribution in [-0.2, 0) is 0 Å². The van der Waals surface area contributed by atoms with Crippen LogP contribution in [0.5, 0.6) is 34.5 Å². The predicted molar refractivity (Wildman–Crippen MR) is 109 cm³/mol. The van der Waals surface area contributed by atoms with Crippen molar-refractivity contribution >= 4 is 0 Å². The van der Waals surface area contributed by atoms with Crippen molar-refractivity contribution < 1.29 is 33.5 Å². The molecule has 162 valence electrons. The number of hydrogen-bond donors (Lipinski definition) is 2. The second-order valence-corrected chi connectivity index (χ2v) is 7.25. The van der Waals surface area contributed by atoms with Gasteiger partial charge >= 0.3 is 0 Å². The third kappa shape index (κ3) is 3.46. The monoisotopic (exact) mass is 417 g/mol. The standard InChI is InChI=1S/C22H27NO7/c1-12-20(13-7-18(25-2)21(27-4)19(8-13)26-3)14-9-16-17(29-11-28-16)10-15(14)30-22(12)23-5-6-24/h7-10,12,20,22-24H,5-6,11H2,1-4H3. The molecule has 0 saturated heterocycles. The topological polar surface area (TPSA) is 87.6 Å². The first-order chi connectivity index (χ1) is 14.6. The lowest BCUT2D eigenvalue weighted by Crippen LogP contribution is -2.46. The predicted octanol–water partition coefficient (Wildman–Crippen LogP) is 2.51. The molecule has 3 atom stereocenters. The van der Waals surface area contributed by atoms with Crippen LogP contribution in [0.15, 0.2) is 24.3 Å². The van der Waals surface area contributed by atoms with Crippen molar-refractivity contribution in [3.05, 3.63) is 35.4 Å². The van der Waals surface area contributed by atoms with Crippen molar-refractivity contribution in [2.24, 2.45) is 5.92 Å². The van der Waals surface area contributed by atoms with Crippen LogP contribution in [0.3, 0.4) is 0 Å². The summed E-state index contributed by atoms with van der Waals surface area (Å²) in [5.74, 6) is 3.79. The van der Waals surface area contributed by atoms with E-state index in [1.807, 2.05) is 24.3 Å². The molecule has 0 aromatic heterocycles. The van der Waals surface area contributed by atoms with E-state index in [4.69, 9.17) is 28.4 Å². The molecule has 2 aliphatic heterocycles. The van der Waals surface area contributed by atoms with E-state index in [9.17, 15) is 5.11 Å². The van der Waals surface area contributed by atoms with Gasteiger partial charge in [0.05, 0.1) is 27.9 Å². The molecule has 2 aliphatic rings. The van der Waals surface area contributed by atoms with Gasteiger partial charge in [-0.2, -0.15) is 0 Å². The van der Waals surface area contributed by atoms with E-state index in [1.54, 1.807) is 21.3 Å². The number of nitrogens with one attached hydrogen (secondary N) is 1. The van der Waals surface area contributed by atoms with Gasteiger partial charge in [-0.3, -0.25) is 5.32 Å². The zero-order valence-electron chi connectivity index (χ0n) is 17.6. The molecule has 30 heavy (non-hydrogen) atoms. The molecule has 8 nitrogen and oxygen atoms in total. The SMILES string of the molecule is COc1cc(C2c3cc4c(cc3OC(NCCO)C2C)OCO4)cc(OC)c1OC. The highest BCUT2D eigenvalue weighted by molar-refractivity contribution is 5.60. The first-order valence-electron chi connectivity index (χ1n) is 9.85. The molecule has 2 N–H and O–H groups in total. The van der Waals surface area contributed by atoms with Crippen molar-refractivity contribution in [2.75, 3.05) is 41.3 Å². The summed E-state index contributed by atoms with van der Waals surface area (Å²) in [7, 11) is 4.79. The molecule has 2 heterocycles. The molecule has 0 spiro atoms. The fourth-order valence-corrected chi connectivity index (χ4v) is 4.18. The summed E-state index contributed by atoms with van der Waals surface area (Å²) in [6.45, 7) is 2.75. The molecule has 0 saturated carbocycles. The normalized spacial score (nSPS) is 21.6. The zero-order valence-corrected chi connectivity index (χ0v) is 17.6. The molecule has 0 bridgehead atoms. The maximum absolute atomic E-state index is 9.28. The molecule has 2 aromatic rings. The Morgan fingerprint density at radius 3 is 2.23 bits per heavy atom. The summed E-state index contributed by atoms with van der Waals surface area (Å²) in [5.41, 5.74) is 1.99. The highest BCUT2D eigenvalue weighted by Gasteiger charge is 2.38. The quantitative estimate of drug-likeness (QED) is 0.711. The number of aliphatic hydroxyl groups excluding tert-OH is 1. The number of methoxy groups -OCH3 is 3. The second-order valence-electron chi connectivity index (χ2n) is 7.25. The number of aliphatic hydroxyl groups is 1. The minimum atomic E-state index is -0.297. The molecule has 0 aliphatic carbocycles. The first-order valence-corrected chi connectivity index (χ1v) is 9.85. The molecule has 0 amide bonds. The Balaban J connectivity index is 1.85. The molecule has 0 radical (unpaired) electrons. The molecular formula is C22H27NO7. The maximum Gasteiger partial charge on any atom is 0.231 e. The van der Waals surface area contributed by atoms with Gasteiger partial charge in [0.25, 0.3) is 0 Å². The van der Waals surface area contributed by atoms with E-state index in [2.05, 4.69) is 12.2 Å². The van der Waals surface area contributed by atoms with Gasteiger partial charge in [-0.1, -0.05) is 6.92 Å². The van der Waals surface area contributed by atoms with E-state index in [0.29, 0.717) is 41.0 Å². The van der Waals surface area contributed by atoms with Crippen LogP contribution >= 0.6 is 0 Å². The number of fused-ring (bicyclic) bond motifs is 2. The van der Waals surface area contributed by atoms with Crippen LogP contribution in [0, 0.1) is 5.92 Å². The Morgan fingerprint density at radius 1 is 0.967 bits per heavy atom. The van der Waals surface area contributed by atoms with Crippen molar-refractivity contribution in [2.45, 2.75) is 19.1 Å². The van der Waals surface area contributed by atoms with Crippen LogP contribution in [0.2, 0.25) is 0 Å². The number of benzene rings is 2. The Kier molecular flexibility index (Phi) is 5.78. The van der Waals surface area contributed by atoms with Gasteiger partial charge in [-0.15, -0.1) is 0 Å². The first kappa shape index (κ1) is 20.4. The van der Waals surface area contributed by atoms with Crippen LogP contribution in [-0.4, -0.2) is 52.6 Å². The summed E-state index contributed by atoms with van der Waals surface area (Å²) >= 11 is 0. The zero-order chi connectivity index (χ0) is 21.3. The Bertz CT molecular complexity index is 892. The van der Waals surface area contributed by atoms with E-state index < -0.39 is 0 Å². The van der Waals surface area contributed by atoms with Gasteiger partial charge < -0.3 is 33.5 Å². The van der Waals surface area contributed by atoms with Crippen LogP contribution in [0.1, 0.15) is 24.0 Å². The molecule has 2 aromatic carbocycles. The van der Waals surface area contributed by atoms with E-state index in [1.165, 1.54) is 0 Å². The molecule has 4 rings (SSSR count). The van der Waals surface area contributed by atoms with Crippen molar-refractivity contribution in [1.82, 2.24) is 5.32 Å². The summed E-state index contributed by atoms with van der Waals surface area (Å²) in [5, 5.41) is 12.6. The minimum absolute atomic E-state index is 0.0232. The summed E-state index contributed by atoms with van der Waals surface area (Å²) in [6, 6.07) is 7.77. The smallest absolute Gasteiger partial charge is 0.231 e. The van der Waals surface area contributed by atoms with Gasteiger partial charge in [-0.25, -0.2) is 0 Å². The van der Waals surface area contributed by atoms with Crippen molar-refractivity contribution in [3.8, 4) is 34.5 Å². The highest BCUT2D eigenvalue weighted by atomic mass is 16.7. The number of ether oxygens (including phenoxy) is 6. The van der Waals surface area contributed by atoms with E-state index >= 15 is 0 Å². The second kappa shape index (κ2) is 8.49. The lowest BCUT2D eigenvalue weighted by molar-refractivity contribution is 0.0742. The minimum Gasteiger partial charge on any atom is -0.493 e. The Hall–Kier alpha value is -2.84. The van der Waals surface area contributed by atoms with Gasteiger partial charge in [0.15, 0.2) is 29.2 Å². The van der Waals surface area contributed by atoms with Gasteiger partial charge in [-0.05, 0) is 23.8 Å². The van der Waals surface area contributed by atoms with E-state index in [0.717, 1.165) is 11.1 Å². The molecule has 8 heteroatoms. The third-order valence-electron chi connectivity index (χ3n) is 5.60. The fraction of sp³-hybridized carbons (Fsp3) is 0.455. The third-order valence-corrected chi connectivity index (χ3v) is 5.60. The summed E-state index contributed by atoms with van der Waals surface area (Å²) < 4.78 is 34.0. The summed E-state index contributed by atoms with van der Waals surface area (Å²) in [6.07, 6.45) is -0.297.